The standard InChI is InChI=1S/C17H25N3/c1-14-9-10-17(15(2)11-14)19-13-20(3)12-18-16-7-5-4-6-8-16/h9-13,16H,4-8H2,1-3H3. The van der Waals surface area contributed by atoms with E-state index < -0.39 is 0 Å². The minimum atomic E-state index is 0.515. The van der Waals surface area contributed by atoms with Crippen LogP contribution >= 0.6 is 0 Å². The molecule has 20 heavy (non-hydrogen) atoms. The van der Waals surface area contributed by atoms with Gasteiger partial charge in [0.25, 0.3) is 0 Å². The zero-order valence-corrected chi connectivity index (χ0v) is 12.8. The molecule has 1 fully saturated rings. The molecular weight excluding hydrogens is 246 g/mol. The highest BCUT2D eigenvalue weighted by atomic mass is 15.1. The third-order valence-corrected chi connectivity index (χ3v) is 3.77. The minimum absolute atomic E-state index is 0.515. The third kappa shape index (κ3) is 4.48. The van der Waals surface area contributed by atoms with Gasteiger partial charge in [-0.1, -0.05) is 37.0 Å². The van der Waals surface area contributed by atoms with Gasteiger partial charge in [-0.3, -0.25) is 4.99 Å². The van der Waals surface area contributed by atoms with Crippen LogP contribution in [0, 0.1) is 13.8 Å². The van der Waals surface area contributed by atoms with Crippen molar-refractivity contribution in [3.8, 4) is 0 Å². The number of aliphatic imine (C=N–C) groups is 2. The molecule has 1 saturated carbocycles. The molecule has 108 valence electrons. The molecule has 0 spiro atoms. The molecule has 0 aliphatic heterocycles. The van der Waals surface area contributed by atoms with Crippen LogP contribution in [0.1, 0.15) is 43.2 Å². The summed E-state index contributed by atoms with van der Waals surface area (Å²) in [7, 11) is 1.99. The Hall–Kier alpha value is -1.64. The second-order valence-electron chi connectivity index (χ2n) is 5.76. The first-order chi connectivity index (χ1) is 9.65. The normalized spacial score (nSPS) is 17.1. The van der Waals surface area contributed by atoms with Gasteiger partial charge in [-0.15, -0.1) is 0 Å². The highest BCUT2D eigenvalue weighted by Crippen LogP contribution is 2.20. The van der Waals surface area contributed by atoms with Gasteiger partial charge in [0.15, 0.2) is 0 Å². The summed E-state index contributed by atoms with van der Waals surface area (Å²) < 4.78 is 0. The van der Waals surface area contributed by atoms with E-state index in [-0.39, 0.29) is 0 Å². The largest absolute Gasteiger partial charge is 0.327 e. The SMILES string of the molecule is Cc1ccc(N=CN(C)C=NC2CCCCC2)c(C)c1. The predicted molar refractivity (Wildman–Crippen MR) is 87.2 cm³/mol. The fourth-order valence-corrected chi connectivity index (χ4v) is 2.56. The van der Waals surface area contributed by atoms with E-state index in [0.29, 0.717) is 6.04 Å². The van der Waals surface area contributed by atoms with Crippen LogP contribution in [0.4, 0.5) is 5.69 Å². The van der Waals surface area contributed by atoms with Gasteiger partial charge >= 0.3 is 0 Å². The van der Waals surface area contributed by atoms with E-state index >= 15 is 0 Å². The van der Waals surface area contributed by atoms with E-state index in [1.807, 2.05) is 24.6 Å². The molecule has 0 saturated heterocycles. The Bertz CT molecular complexity index is 485. The van der Waals surface area contributed by atoms with Crippen LogP contribution < -0.4 is 0 Å². The fraction of sp³-hybridized carbons (Fsp3) is 0.529. The Labute approximate surface area is 122 Å². The maximum atomic E-state index is 4.64. The number of nitrogens with zero attached hydrogens (tertiary/aromatic N) is 3. The molecular formula is C17H25N3. The predicted octanol–water partition coefficient (Wildman–Crippen LogP) is 4.26. The maximum Gasteiger partial charge on any atom is 0.0961 e. The topological polar surface area (TPSA) is 28.0 Å². The van der Waals surface area contributed by atoms with Crippen LogP contribution in [0.5, 0.6) is 0 Å². The number of hydrogen-bond donors (Lipinski definition) is 0. The zero-order chi connectivity index (χ0) is 14.4. The first kappa shape index (κ1) is 14.8. The van der Waals surface area contributed by atoms with Crippen molar-refractivity contribution in [2.45, 2.75) is 52.0 Å². The maximum absolute atomic E-state index is 4.64. The smallest absolute Gasteiger partial charge is 0.0961 e. The quantitative estimate of drug-likeness (QED) is 0.594. The van der Waals surface area contributed by atoms with E-state index in [2.05, 4.69) is 42.0 Å². The number of aryl methyl sites for hydroxylation is 2. The Morgan fingerprint density at radius 2 is 1.85 bits per heavy atom. The van der Waals surface area contributed by atoms with Crippen molar-refractivity contribution in [1.82, 2.24) is 4.90 Å². The average Bonchev–Trinajstić information content (AvgIpc) is 2.45. The van der Waals surface area contributed by atoms with Crippen molar-refractivity contribution in [3.05, 3.63) is 29.3 Å². The van der Waals surface area contributed by atoms with E-state index in [0.717, 1.165) is 5.69 Å². The fourth-order valence-electron chi connectivity index (χ4n) is 2.56. The summed E-state index contributed by atoms with van der Waals surface area (Å²) in [5, 5.41) is 0. The first-order valence-electron chi connectivity index (χ1n) is 7.52. The van der Waals surface area contributed by atoms with Gasteiger partial charge in [0, 0.05) is 7.05 Å². The second-order valence-corrected chi connectivity index (χ2v) is 5.76. The van der Waals surface area contributed by atoms with Crippen LogP contribution in [0.2, 0.25) is 0 Å². The molecule has 1 aromatic carbocycles. The molecule has 0 atom stereocenters. The van der Waals surface area contributed by atoms with Crippen LogP contribution in [0.3, 0.4) is 0 Å². The monoisotopic (exact) mass is 271 g/mol. The van der Waals surface area contributed by atoms with Crippen LogP contribution in [-0.4, -0.2) is 30.7 Å². The zero-order valence-electron chi connectivity index (χ0n) is 12.8. The van der Waals surface area contributed by atoms with Gasteiger partial charge in [0.1, 0.15) is 0 Å². The van der Waals surface area contributed by atoms with Gasteiger partial charge in [-0.25, -0.2) is 4.99 Å². The lowest BCUT2D eigenvalue weighted by molar-refractivity contribution is 0.442. The Balaban J connectivity index is 1.91. The van der Waals surface area contributed by atoms with Crippen molar-refractivity contribution >= 4 is 18.4 Å². The summed E-state index contributed by atoms with van der Waals surface area (Å²) in [5.74, 6) is 0. The van der Waals surface area contributed by atoms with Crippen molar-refractivity contribution < 1.29 is 0 Å². The van der Waals surface area contributed by atoms with Gasteiger partial charge in [-0.05, 0) is 38.3 Å². The molecule has 0 N–H and O–H groups in total. The molecule has 1 aliphatic carbocycles. The highest BCUT2D eigenvalue weighted by molar-refractivity contribution is 5.77. The molecule has 0 heterocycles. The molecule has 0 bridgehead atoms. The van der Waals surface area contributed by atoms with Gasteiger partial charge in [0.2, 0.25) is 0 Å². The molecule has 1 aliphatic rings. The molecule has 0 amide bonds. The molecule has 2 rings (SSSR count). The Kier molecular flexibility index (Phi) is 5.33. The lowest BCUT2D eigenvalue weighted by atomic mass is 9.96. The van der Waals surface area contributed by atoms with Crippen molar-refractivity contribution in [2.75, 3.05) is 7.05 Å². The van der Waals surface area contributed by atoms with Crippen molar-refractivity contribution in [1.29, 1.82) is 0 Å². The average molecular weight is 271 g/mol. The highest BCUT2D eigenvalue weighted by Gasteiger charge is 2.10. The summed E-state index contributed by atoms with van der Waals surface area (Å²) in [6.07, 6.45) is 10.2. The Morgan fingerprint density at radius 1 is 1.10 bits per heavy atom. The summed E-state index contributed by atoms with van der Waals surface area (Å²) >= 11 is 0. The third-order valence-electron chi connectivity index (χ3n) is 3.77. The van der Waals surface area contributed by atoms with Crippen LogP contribution in [0.15, 0.2) is 28.2 Å². The Morgan fingerprint density at radius 3 is 2.55 bits per heavy atom. The number of rotatable bonds is 4. The van der Waals surface area contributed by atoms with Crippen LogP contribution in [0.25, 0.3) is 0 Å². The second kappa shape index (κ2) is 7.22. The van der Waals surface area contributed by atoms with E-state index in [1.165, 1.54) is 43.2 Å². The summed E-state index contributed by atoms with van der Waals surface area (Å²) in [6, 6.07) is 6.83. The summed E-state index contributed by atoms with van der Waals surface area (Å²) in [4.78, 5) is 11.1. The lowest BCUT2D eigenvalue weighted by Crippen LogP contribution is -2.17. The molecule has 0 aromatic heterocycles. The molecule has 0 radical (unpaired) electrons. The molecule has 3 nitrogen and oxygen atoms in total. The molecule has 0 unspecified atom stereocenters. The van der Waals surface area contributed by atoms with Crippen LogP contribution in [-0.2, 0) is 0 Å². The van der Waals surface area contributed by atoms with Crippen molar-refractivity contribution in [3.63, 3.8) is 0 Å². The van der Waals surface area contributed by atoms with E-state index in [9.17, 15) is 0 Å². The van der Waals surface area contributed by atoms with Gasteiger partial charge in [-0.2, -0.15) is 0 Å². The summed E-state index contributed by atoms with van der Waals surface area (Å²) in [5.41, 5.74) is 3.50. The molecule has 1 aromatic rings. The first-order valence-corrected chi connectivity index (χ1v) is 7.52. The number of benzene rings is 1. The summed E-state index contributed by atoms with van der Waals surface area (Å²) in [6.45, 7) is 4.19. The lowest BCUT2D eigenvalue weighted by Gasteiger charge is -2.18. The van der Waals surface area contributed by atoms with Gasteiger partial charge < -0.3 is 4.90 Å². The van der Waals surface area contributed by atoms with Gasteiger partial charge in [0.05, 0.1) is 24.4 Å². The van der Waals surface area contributed by atoms with E-state index in [4.69, 9.17) is 0 Å². The van der Waals surface area contributed by atoms with E-state index in [1.54, 1.807) is 0 Å². The minimum Gasteiger partial charge on any atom is -0.327 e. The number of hydrogen-bond acceptors (Lipinski definition) is 2. The molecule has 3 heteroatoms. The van der Waals surface area contributed by atoms with Crippen molar-refractivity contribution in [2.24, 2.45) is 9.98 Å².